The van der Waals surface area contributed by atoms with E-state index >= 15 is 0 Å². The standard InChI is InChI=1S/C31H29N3O6/c35-29-18-24(31(37)34(29)28(30(36)33-39)15-20-9-11-25(32-38)12-10-20)16-22-7-4-8-23-17-26(13-14-27(22)23)40-19-21-5-2-1-3-6-21/h1-14,17-18,28,32,35,37-39H,15-16,19H2,(H,33,36). The highest BCUT2D eigenvalue weighted by molar-refractivity contribution is 5.87. The Hall–Kier alpha value is -4.99. The molecule has 0 fully saturated rings. The van der Waals surface area contributed by atoms with Crippen LogP contribution in [0, 0.1) is 0 Å². The van der Waals surface area contributed by atoms with Gasteiger partial charge >= 0.3 is 0 Å². The van der Waals surface area contributed by atoms with Crippen LogP contribution in [0.2, 0.25) is 0 Å². The maximum absolute atomic E-state index is 12.6. The fourth-order valence-corrected chi connectivity index (χ4v) is 4.82. The number of hydrogen-bond acceptors (Lipinski definition) is 7. The average molecular weight is 540 g/mol. The monoisotopic (exact) mass is 539 g/mol. The molecule has 1 amide bonds. The quantitative estimate of drug-likeness (QED) is 0.105. The van der Waals surface area contributed by atoms with Gasteiger partial charge in [0, 0.05) is 24.5 Å². The van der Waals surface area contributed by atoms with Crippen LogP contribution in [0.1, 0.15) is 28.3 Å². The predicted octanol–water partition coefficient (Wildman–Crippen LogP) is 5.31. The van der Waals surface area contributed by atoms with Crippen LogP contribution in [0.15, 0.2) is 97.1 Å². The predicted molar refractivity (Wildman–Crippen MR) is 150 cm³/mol. The van der Waals surface area contributed by atoms with Crippen molar-refractivity contribution in [3.63, 3.8) is 0 Å². The second kappa shape index (κ2) is 11.8. The van der Waals surface area contributed by atoms with E-state index in [9.17, 15) is 20.2 Å². The fourth-order valence-electron chi connectivity index (χ4n) is 4.82. The van der Waals surface area contributed by atoms with Crippen LogP contribution in [-0.4, -0.2) is 31.1 Å². The van der Waals surface area contributed by atoms with E-state index in [0.29, 0.717) is 23.4 Å². The summed E-state index contributed by atoms with van der Waals surface area (Å²) in [7, 11) is 0. The summed E-state index contributed by atoms with van der Waals surface area (Å²) in [6, 6.07) is 28.5. The van der Waals surface area contributed by atoms with E-state index in [1.807, 2.05) is 72.2 Å². The summed E-state index contributed by atoms with van der Waals surface area (Å²) in [5, 5.41) is 42.2. The second-order valence-electron chi connectivity index (χ2n) is 9.48. The smallest absolute Gasteiger partial charge is 0.266 e. The number of aromatic nitrogens is 1. The van der Waals surface area contributed by atoms with Crippen molar-refractivity contribution in [3.8, 4) is 17.5 Å². The van der Waals surface area contributed by atoms with Crippen molar-refractivity contribution < 1.29 is 30.2 Å². The molecule has 0 spiro atoms. The second-order valence-corrected chi connectivity index (χ2v) is 9.48. The van der Waals surface area contributed by atoms with E-state index in [0.717, 1.165) is 32.2 Å². The van der Waals surface area contributed by atoms with Crippen LogP contribution in [0.4, 0.5) is 5.69 Å². The lowest BCUT2D eigenvalue weighted by Gasteiger charge is -2.19. The normalized spacial score (nSPS) is 11.8. The van der Waals surface area contributed by atoms with Gasteiger partial charge in [0.25, 0.3) is 5.91 Å². The third-order valence-corrected chi connectivity index (χ3v) is 6.87. The number of carbonyl (C=O) groups excluding carboxylic acids is 1. The highest BCUT2D eigenvalue weighted by atomic mass is 16.5. The molecule has 0 radical (unpaired) electrons. The van der Waals surface area contributed by atoms with E-state index in [1.54, 1.807) is 29.7 Å². The average Bonchev–Trinajstić information content (AvgIpc) is 3.27. The molecule has 40 heavy (non-hydrogen) atoms. The Morgan fingerprint density at radius 3 is 2.33 bits per heavy atom. The largest absolute Gasteiger partial charge is 0.494 e. The topological polar surface area (TPSA) is 136 Å². The molecule has 9 heteroatoms. The molecular formula is C31H29N3O6. The first-order valence-electron chi connectivity index (χ1n) is 12.7. The van der Waals surface area contributed by atoms with E-state index in [1.165, 1.54) is 6.07 Å². The number of fused-ring (bicyclic) bond motifs is 1. The Bertz CT molecular complexity index is 1620. The molecule has 5 rings (SSSR count). The summed E-state index contributed by atoms with van der Waals surface area (Å²) in [6.45, 7) is 0.456. The number of ether oxygens (including phenoxy) is 1. The highest BCUT2D eigenvalue weighted by Crippen LogP contribution is 2.36. The summed E-state index contributed by atoms with van der Waals surface area (Å²) < 4.78 is 7.06. The molecule has 1 aromatic heterocycles. The number of rotatable bonds is 10. The number of hydrogen-bond donors (Lipinski definition) is 6. The number of aromatic hydroxyl groups is 2. The van der Waals surface area contributed by atoms with Gasteiger partial charge in [0.05, 0.1) is 5.69 Å². The van der Waals surface area contributed by atoms with Crippen LogP contribution >= 0.6 is 0 Å². The zero-order valence-corrected chi connectivity index (χ0v) is 21.5. The third-order valence-electron chi connectivity index (χ3n) is 6.87. The van der Waals surface area contributed by atoms with Crippen LogP contribution in [-0.2, 0) is 24.2 Å². The first-order chi connectivity index (χ1) is 19.5. The lowest BCUT2D eigenvalue weighted by molar-refractivity contribution is -0.132. The van der Waals surface area contributed by atoms with Crippen LogP contribution < -0.4 is 15.7 Å². The number of carbonyl (C=O) groups is 1. The molecule has 0 saturated heterocycles. The molecule has 0 aliphatic heterocycles. The molecule has 1 unspecified atom stereocenters. The van der Waals surface area contributed by atoms with Gasteiger partial charge < -0.3 is 14.9 Å². The Morgan fingerprint density at radius 2 is 1.60 bits per heavy atom. The van der Waals surface area contributed by atoms with Gasteiger partial charge in [-0.05, 0) is 51.7 Å². The van der Waals surface area contributed by atoms with Gasteiger partial charge in [0.2, 0.25) is 0 Å². The van der Waals surface area contributed by atoms with Crippen LogP contribution in [0.5, 0.6) is 17.5 Å². The molecule has 9 nitrogen and oxygen atoms in total. The summed E-state index contributed by atoms with van der Waals surface area (Å²) in [5.74, 6) is -0.655. The first-order valence-corrected chi connectivity index (χ1v) is 12.7. The Morgan fingerprint density at radius 1 is 0.825 bits per heavy atom. The van der Waals surface area contributed by atoms with Gasteiger partial charge in [-0.25, -0.2) is 5.48 Å². The van der Waals surface area contributed by atoms with Crippen molar-refractivity contribution in [2.75, 3.05) is 5.48 Å². The van der Waals surface area contributed by atoms with Crippen LogP contribution in [0.25, 0.3) is 10.8 Å². The molecule has 0 aliphatic carbocycles. The SMILES string of the molecule is O=C(NO)C(Cc1ccc(NO)cc1)n1c(O)cc(Cc2cccc3cc(OCc4ccccc4)ccc23)c1O. The maximum Gasteiger partial charge on any atom is 0.266 e. The van der Waals surface area contributed by atoms with E-state index in [2.05, 4.69) is 0 Å². The lowest BCUT2D eigenvalue weighted by atomic mass is 9.99. The van der Waals surface area contributed by atoms with E-state index in [4.69, 9.17) is 9.94 Å². The number of benzene rings is 4. The zero-order valence-electron chi connectivity index (χ0n) is 21.5. The molecule has 1 atom stereocenters. The molecule has 5 aromatic rings. The molecule has 0 bridgehead atoms. The van der Waals surface area contributed by atoms with Crippen LogP contribution in [0.3, 0.4) is 0 Å². The lowest BCUT2D eigenvalue weighted by Crippen LogP contribution is -2.31. The van der Waals surface area contributed by atoms with Gasteiger partial charge in [-0.15, -0.1) is 0 Å². The van der Waals surface area contributed by atoms with E-state index in [-0.39, 0.29) is 24.6 Å². The molecule has 4 aromatic carbocycles. The van der Waals surface area contributed by atoms with Gasteiger partial charge in [-0.2, -0.15) is 0 Å². The molecule has 0 saturated carbocycles. The molecular weight excluding hydrogens is 510 g/mol. The number of hydroxylamine groups is 1. The van der Waals surface area contributed by atoms with Gasteiger partial charge in [0.1, 0.15) is 18.4 Å². The number of nitrogens with one attached hydrogen (secondary N) is 2. The molecule has 0 aliphatic rings. The minimum absolute atomic E-state index is 0.0629. The van der Waals surface area contributed by atoms with Crippen molar-refractivity contribution in [1.82, 2.24) is 10.0 Å². The van der Waals surface area contributed by atoms with Crippen molar-refractivity contribution in [3.05, 3.63) is 119 Å². The molecule has 6 N–H and O–H groups in total. The summed E-state index contributed by atoms with van der Waals surface area (Å²) >= 11 is 0. The third kappa shape index (κ3) is 5.70. The minimum Gasteiger partial charge on any atom is -0.494 e. The molecule has 1 heterocycles. The number of anilines is 1. The zero-order chi connectivity index (χ0) is 28.1. The Labute approximate surface area is 230 Å². The summed E-state index contributed by atoms with van der Waals surface area (Å²) in [6.07, 6.45) is 0.353. The highest BCUT2D eigenvalue weighted by Gasteiger charge is 2.28. The molecule has 204 valence electrons. The van der Waals surface area contributed by atoms with Gasteiger partial charge in [-0.1, -0.05) is 66.7 Å². The number of amides is 1. The minimum atomic E-state index is -1.14. The van der Waals surface area contributed by atoms with Crippen molar-refractivity contribution >= 4 is 22.4 Å². The summed E-state index contributed by atoms with van der Waals surface area (Å²) in [4.78, 5) is 12.6. The van der Waals surface area contributed by atoms with Crippen molar-refractivity contribution in [1.29, 1.82) is 0 Å². The summed E-state index contributed by atoms with van der Waals surface area (Å²) in [5.41, 5.74) is 7.21. The first kappa shape index (κ1) is 26.6. The van der Waals surface area contributed by atoms with Crippen molar-refractivity contribution in [2.24, 2.45) is 0 Å². The van der Waals surface area contributed by atoms with Crippen molar-refractivity contribution in [2.45, 2.75) is 25.5 Å². The number of nitrogens with zero attached hydrogens (tertiary/aromatic N) is 1. The fraction of sp³-hybridized carbons (Fsp3) is 0.129. The van der Waals surface area contributed by atoms with Gasteiger partial charge in [0.15, 0.2) is 11.8 Å². The van der Waals surface area contributed by atoms with E-state index < -0.39 is 11.9 Å². The maximum atomic E-state index is 12.6. The Balaban J connectivity index is 1.40. The Kier molecular flexibility index (Phi) is 7.86. The van der Waals surface area contributed by atoms with Gasteiger partial charge in [-0.3, -0.25) is 25.3 Å².